The van der Waals surface area contributed by atoms with Crippen LogP contribution in [0.4, 0.5) is 23.4 Å². The molecule has 8 heteroatoms. The lowest BCUT2D eigenvalue weighted by molar-refractivity contribution is 0.471. The van der Waals surface area contributed by atoms with Crippen molar-refractivity contribution in [1.82, 2.24) is 9.97 Å². The molecule has 0 amide bonds. The Morgan fingerprint density at radius 2 is 1.50 bits per heavy atom. The summed E-state index contributed by atoms with van der Waals surface area (Å²) in [6, 6.07) is 10.7. The standard InChI is InChI=1S/C20H11F4N3S/c21-12-3-1-11(2-4-12)18-13(10-5-7-26-8-6-10)9-14(28-18)15-16(22)19(24)27-20(25)17(15)23/h1-9H,(H2,25,27). The molecule has 3 heterocycles. The fraction of sp³-hybridized carbons (Fsp3) is 0. The van der Waals surface area contributed by atoms with Crippen LogP contribution in [0.3, 0.4) is 0 Å². The van der Waals surface area contributed by atoms with E-state index in [9.17, 15) is 17.6 Å². The van der Waals surface area contributed by atoms with Gasteiger partial charge in [0.15, 0.2) is 17.5 Å². The Balaban J connectivity index is 1.98. The molecule has 0 atom stereocenters. The topological polar surface area (TPSA) is 51.8 Å². The molecule has 0 aliphatic carbocycles. The highest BCUT2D eigenvalue weighted by Crippen LogP contribution is 2.45. The second-order valence-electron chi connectivity index (χ2n) is 5.89. The maximum Gasteiger partial charge on any atom is 0.251 e. The zero-order valence-electron chi connectivity index (χ0n) is 14.1. The van der Waals surface area contributed by atoms with Crippen LogP contribution in [0.5, 0.6) is 0 Å². The van der Waals surface area contributed by atoms with E-state index in [1.54, 1.807) is 42.7 Å². The van der Waals surface area contributed by atoms with Crippen molar-refractivity contribution in [1.29, 1.82) is 0 Å². The van der Waals surface area contributed by atoms with Gasteiger partial charge >= 0.3 is 0 Å². The first-order valence-corrected chi connectivity index (χ1v) is 8.88. The highest BCUT2D eigenvalue weighted by Gasteiger charge is 2.24. The molecule has 28 heavy (non-hydrogen) atoms. The first kappa shape index (κ1) is 18.1. The molecule has 2 N–H and O–H groups in total. The second-order valence-corrected chi connectivity index (χ2v) is 6.94. The highest BCUT2D eigenvalue weighted by atomic mass is 32.1. The number of nitrogens with two attached hydrogens (primary N) is 1. The molecule has 0 radical (unpaired) electrons. The van der Waals surface area contributed by atoms with Crippen LogP contribution in [0.25, 0.3) is 32.0 Å². The number of benzene rings is 1. The van der Waals surface area contributed by atoms with Crippen molar-refractivity contribution < 1.29 is 17.6 Å². The molecule has 0 fully saturated rings. The van der Waals surface area contributed by atoms with Crippen molar-refractivity contribution in [3.63, 3.8) is 0 Å². The smallest absolute Gasteiger partial charge is 0.251 e. The van der Waals surface area contributed by atoms with Crippen LogP contribution in [-0.2, 0) is 0 Å². The summed E-state index contributed by atoms with van der Waals surface area (Å²) in [5, 5.41) is 0. The van der Waals surface area contributed by atoms with Crippen molar-refractivity contribution in [3.8, 4) is 32.0 Å². The van der Waals surface area contributed by atoms with E-state index < -0.39 is 34.8 Å². The van der Waals surface area contributed by atoms with Crippen LogP contribution in [0, 0.1) is 23.4 Å². The number of hydrogen-bond acceptors (Lipinski definition) is 4. The predicted molar refractivity (Wildman–Crippen MR) is 100 cm³/mol. The Kier molecular flexibility index (Phi) is 4.56. The van der Waals surface area contributed by atoms with Crippen LogP contribution in [-0.4, -0.2) is 9.97 Å². The highest BCUT2D eigenvalue weighted by molar-refractivity contribution is 7.19. The van der Waals surface area contributed by atoms with Crippen molar-refractivity contribution >= 4 is 17.2 Å². The van der Waals surface area contributed by atoms with Gasteiger partial charge in [0.1, 0.15) is 5.82 Å². The van der Waals surface area contributed by atoms with Crippen LogP contribution in [0.2, 0.25) is 0 Å². The van der Waals surface area contributed by atoms with Crippen molar-refractivity contribution in [2.45, 2.75) is 0 Å². The van der Waals surface area contributed by atoms with Crippen molar-refractivity contribution in [2.24, 2.45) is 0 Å². The molecule has 0 bridgehead atoms. The summed E-state index contributed by atoms with van der Waals surface area (Å²) in [7, 11) is 0. The number of rotatable bonds is 3. The van der Waals surface area contributed by atoms with Gasteiger partial charge in [-0.2, -0.15) is 9.37 Å². The zero-order chi connectivity index (χ0) is 19.8. The lowest BCUT2D eigenvalue weighted by Gasteiger charge is -2.05. The predicted octanol–water partition coefficient (Wildman–Crippen LogP) is 5.68. The van der Waals surface area contributed by atoms with Gasteiger partial charge in [-0.15, -0.1) is 11.3 Å². The van der Waals surface area contributed by atoms with E-state index in [0.29, 0.717) is 16.0 Å². The number of nitrogen functional groups attached to an aromatic ring is 1. The summed E-state index contributed by atoms with van der Waals surface area (Å²) in [4.78, 5) is 7.76. The summed E-state index contributed by atoms with van der Waals surface area (Å²) in [5.41, 5.74) is 6.81. The van der Waals surface area contributed by atoms with Gasteiger partial charge in [-0.3, -0.25) is 4.98 Å². The van der Waals surface area contributed by atoms with E-state index in [4.69, 9.17) is 5.73 Å². The quantitative estimate of drug-likeness (QED) is 0.355. The van der Waals surface area contributed by atoms with E-state index in [0.717, 1.165) is 16.9 Å². The molecular weight excluding hydrogens is 390 g/mol. The van der Waals surface area contributed by atoms with Gasteiger partial charge < -0.3 is 5.73 Å². The first-order valence-electron chi connectivity index (χ1n) is 8.06. The van der Waals surface area contributed by atoms with Gasteiger partial charge in [0.2, 0.25) is 0 Å². The zero-order valence-corrected chi connectivity index (χ0v) is 14.9. The van der Waals surface area contributed by atoms with Gasteiger partial charge in [-0.05, 0) is 41.5 Å². The Morgan fingerprint density at radius 1 is 0.821 bits per heavy atom. The van der Waals surface area contributed by atoms with Gasteiger partial charge in [0.25, 0.3) is 5.95 Å². The summed E-state index contributed by atoms with van der Waals surface area (Å²) in [6.07, 6.45) is 3.15. The molecule has 0 aliphatic rings. The van der Waals surface area contributed by atoms with Crippen molar-refractivity contribution in [2.75, 3.05) is 5.73 Å². The minimum absolute atomic E-state index is 0.133. The minimum atomic E-state index is -1.48. The van der Waals surface area contributed by atoms with Crippen molar-refractivity contribution in [3.05, 3.63) is 78.3 Å². The van der Waals surface area contributed by atoms with E-state index >= 15 is 0 Å². The lowest BCUT2D eigenvalue weighted by Crippen LogP contribution is -2.03. The second kappa shape index (κ2) is 7.05. The molecule has 3 nitrogen and oxygen atoms in total. The van der Waals surface area contributed by atoms with E-state index in [2.05, 4.69) is 9.97 Å². The fourth-order valence-corrected chi connectivity index (χ4v) is 4.04. The third kappa shape index (κ3) is 3.11. The molecule has 0 unspecified atom stereocenters. The number of halogens is 4. The van der Waals surface area contributed by atoms with Gasteiger partial charge in [-0.25, -0.2) is 13.2 Å². The molecule has 3 aromatic heterocycles. The minimum Gasteiger partial charge on any atom is -0.381 e. The largest absolute Gasteiger partial charge is 0.381 e. The Hall–Kier alpha value is -3.26. The van der Waals surface area contributed by atoms with E-state index in [-0.39, 0.29) is 4.88 Å². The fourth-order valence-electron chi connectivity index (χ4n) is 2.82. The number of nitrogens with zero attached hydrogens (tertiary/aromatic N) is 2. The van der Waals surface area contributed by atoms with E-state index in [1.165, 1.54) is 12.1 Å². The SMILES string of the molecule is Nc1nc(F)c(F)c(-c2cc(-c3ccncc3)c(-c3ccc(F)cc3)s2)c1F. The Bertz CT molecular complexity index is 1130. The molecule has 1 aromatic carbocycles. The van der Waals surface area contributed by atoms with Gasteiger partial charge in [0.05, 0.1) is 5.56 Å². The molecule has 0 spiro atoms. The molecule has 4 aromatic rings. The summed E-state index contributed by atoms with van der Waals surface area (Å²) < 4.78 is 55.9. The number of hydrogen-bond donors (Lipinski definition) is 1. The van der Waals surface area contributed by atoms with Crippen LogP contribution in [0.15, 0.2) is 54.9 Å². The lowest BCUT2D eigenvalue weighted by atomic mass is 10.0. The van der Waals surface area contributed by atoms with Crippen LogP contribution in [0.1, 0.15) is 0 Å². The number of anilines is 1. The van der Waals surface area contributed by atoms with Gasteiger partial charge in [-0.1, -0.05) is 12.1 Å². The number of aromatic nitrogens is 2. The number of thiophene rings is 1. The molecule has 140 valence electrons. The molecule has 0 aliphatic heterocycles. The van der Waals surface area contributed by atoms with Crippen LogP contribution >= 0.6 is 11.3 Å². The first-order chi connectivity index (χ1) is 13.5. The molecule has 4 rings (SSSR count). The maximum absolute atomic E-state index is 14.5. The third-order valence-corrected chi connectivity index (χ3v) is 5.34. The molecule has 0 saturated carbocycles. The molecular formula is C20H11F4N3S. The average Bonchev–Trinajstić information content (AvgIpc) is 3.13. The summed E-state index contributed by atoms with van der Waals surface area (Å²) >= 11 is 1.04. The monoisotopic (exact) mass is 401 g/mol. The molecule has 0 saturated heterocycles. The average molecular weight is 401 g/mol. The summed E-state index contributed by atoms with van der Waals surface area (Å²) in [6.45, 7) is 0. The third-order valence-electron chi connectivity index (χ3n) is 4.14. The van der Waals surface area contributed by atoms with Gasteiger partial charge in [0, 0.05) is 27.7 Å². The van der Waals surface area contributed by atoms with Crippen LogP contribution < -0.4 is 5.73 Å². The Morgan fingerprint density at radius 3 is 2.18 bits per heavy atom. The van der Waals surface area contributed by atoms with E-state index in [1.807, 2.05) is 0 Å². The Labute approximate surface area is 161 Å². The summed E-state index contributed by atoms with van der Waals surface area (Å²) in [5.74, 6) is -5.16. The normalized spacial score (nSPS) is 11.0. The number of pyridine rings is 2. The maximum atomic E-state index is 14.5.